The number of carbonyl (C=O) groups excluding carboxylic acids is 1. The minimum Gasteiger partial charge on any atom is -0.480 e. The van der Waals surface area contributed by atoms with Gasteiger partial charge < -0.3 is 9.84 Å². The van der Waals surface area contributed by atoms with E-state index in [1.165, 1.54) is 14.1 Å². The van der Waals surface area contributed by atoms with Crippen LogP contribution in [0.15, 0.2) is 30.3 Å². The molecule has 0 saturated carbocycles. The van der Waals surface area contributed by atoms with E-state index in [4.69, 9.17) is 4.74 Å². The lowest BCUT2D eigenvalue weighted by atomic mass is 10.2. The fourth-order valence-electron chi connectivity index (χ4n) is 2.43. The van der Waals surface area contributed by atoms with Gasteiger partial charge in [-0.2, -0.15) is 17.0 Å². The average molecular weight is 371 g/mol. The van der Waals surface area contributed by atoms with E-state index in [2.05, 4.69) is 0 Å². The molecule has 1 heterocycles. The van der Waals surface area contributed by atoms with Crippen molar-refractivity contribution in [2.24, 2.45) is 0 Å². The SMILES string of the molecule is CN(C)S(=O)(=O)N1CCN(C(=O)OCc2ccccc2)C(C(=O)O)C1. The fraction of sp³-hybridized carbons (Fsp3) is 0.467. The molecule has 2 rings (SSSR count). The first-order chi connectivity index (χ1) is 11.7. The summed E-state index contributed by atoms with van der Waals surface area (Å²) < 4.78 is 31.5. The van der Waals surface area contributed by atoms with Gasteiger partial charge in [0.05, 0.1) is 0 Å². The molecule has 1 amide bonds. The first kappa shape index (κ1) is 19.2. The number of benzene rings is 1. The molecule has 1 aliphatic heterocycles. The molecule has 1 aromatic rings. The molecule has 138 valence electrons. The molecule has 0 radical (unpaired) electrons. The average Bonchev–Trinajstić information content (AvgIpc) is 2.59. The Morgan fingerprint density at radius 3 is 2.44 bits per heavy atom. The van der Waals surface area contributed by atoms with Crippen molar-refractivity contribution in [2.45, 2.75) is 12.6 Å². The molecular weight excluding hydrogens is 350 g/mol. The number of hydrogen-bond donors (Lipinski definition) is 1. The number of piperazine rings is 1. The van der Waals surface area contributed by atoms with Gasteiger partial charge in [0.1, 0.15) is 12.6 Å². The second-order valence-electron chi connectivity index (χ2n) is 5.74. The molecule has 1 atom stereocenters. The Kier molecular flexibility index (Phi) is 5.98. The summed E-state index contributed by atoms with van der Waals surface area (Å²) in [4.78, 5) is 24.8. The maximum atomic E-state index is 12.2. The van der Waals surface area contributed by atoms with E-state index in [0.29, 0.717) is 0 Å². The van der Waals surface area contributed by atoms with Gasteiger partial charge in [-0.1, -0.05) is 30.3 Å². The fourth-order valence-corrected chi connectivity index (χ4v) is 3.53. The largest absolute Gasteiger partial charge is 0.480 e. The van der Waals surface area contributed by atoms with Crippen molar-refractivity contribution < 1.29 is 27.9 Å². The zero-order chi connectivity index (χ0) is 18.6. The van der Waals surface area contributed by atoms with Crippen LogP contribution in [0.1, 0.15) is 5.56 Å². The second kappa shape index (κ2) is 7.81. The van der Waals surface area contributed by atoms with Crippen molar-refractivity contribution in [2.75, 3.05) is 33.7 Å². The van der Waals surface area contributed by atoms with Crippen molar-refractivity contribution in [3.8, 4) is 0 Å². The molecule has 10 heteroatoms. The Morgan fingerprint density at radius 2 is 1.88 bits per heavy atom. The number of carboxylic acid groups (broad SMARTS) is 1. The maximum absolute atomic E-state index is 12.2. The van der Waals surface area contributed by atoms with E-state index < -0.39 is 28.3 Å². The summed E-state index contributed by atoms with van der Waals surface area (Å²) in [7, 11) is -1.01. The van der Waals surface area contributed by atoms with Crippen LogP contribution < -0.4 is 0 Å². The van der Waals surface area contributed by atoms with Crippen LogP contribution in [0.5, 0.6) is 0 Å². The third kappa shape index (κ3) is 4.47. The van der Waals surface area contributed by atoms with Crippen LogP contribution >= 0.6 is 0 Å². The third-order valence-electron chi connectivity index (χ3n) is 3.86. The Balaban J connectivity index is 2.06. The molecule has 1 saturated heterocycles. The van der Waals surface area contributed by atoms with Crippen LogP contribution in [0.2, 0.25) is 0 Å². The zero-order valence-electron chi connectivity index (χ0n) is 14.0. The summed E-state index contributed by atoms with van der Waals surface area (Å²) in [6.07, 6.45) is -0.779. The van der Waals surface area contributed by atoms with Crippen molar-refractivity contribution in [3.05, 3.63) is 35.9 Å². The molecule has 0 bridgehead atoms. The number of carbonyl (C=O) groups is 2. The van der Waals surface area contributed by atoms with Crippen LogP contribution in [0.3, 0.4) is 0 Å². The second-order valence-corrected chi connectivity index (χ2v) is 7.88. The van der Waals surface area contributed by atoms with Gasteiger partial charge in [-0.25, -0.2) is 9.59 Å². The van der Waals surface area contributed by atoms with E-state index in [1.807, 2.05) is 6.07 Å². The first-order valence-electron chi connectivity index (χ1n) is 7.61. The van der Waals surface area contributed by atoms with Crippen molar-refractivity contribution in [3.63, 3.8) is 0 Å². The van der Waals surface area contributed by atoms with Gasteiger partial charge in [0, 0.05) is 33.7 Å². The highest BCUT2D eigenvalue weighted by Gasteiger charge is 2.40. The van der Waals surface area contributed by atoms with Gasteiger partial charge in [-0.15, -0.1) is 0 Å². The summed E-state index contributed by atoms with van der Waals surface area (Å²) >= 11 is 0. The van der Waals surface area contributed by atoms with Crippen molar-refractivity contribution in [1.29, 1.82) is 0 Å². The van der Waals surface area contributed by atoms with Gasteiger partial charge in [0.25, 0.3) is 10.2 Å². The summed E-state index contributed by atoms with van der Waals surface area (Å²) in [6.45, 7) is -0.360. The molecule has 1 aromatic carbocycles. The lowest BCUT2D eigenvalue weighted by molar-refractivity contribution is -0.144. The van der Waals surface area contributed by atoms with Gasteiger partial charge in [0.15, 0.2) is 0 Å². The van der Waals surface area contributed by atoms with E-state index in [1.54, 1.807) is 24.3 Å². The topological polar surface area (TPSA) is 107 Å². The van der Waals surface area contributed by atoms with Crippen molar-refractivity contribution >= 4 is 22.3 Å². The van der Waals surface area contributed by atoms with Crippen LogP contribution in [0.25, 0.3) is 0 Å². The predicted octanol–water partition coefficient (Wildman–Crippen LogP) is 0.200. The Labute approximate surface area is 146 Å². The van der Waals surface area contributed by atoms with Gasteiger partial charge in [0.2, 0.25) is 0 Å². The Hall–Kier alpha value is -2.17. The van der Waals surface area contributed by atoms with Crippen LogP contribution in [0.4, 0.5) is 4.79 Å². The normalized spacial score (nSPS) is 19.0. The highest BCUT2D eigenvalue weighted by atomic mass is 32.2. The highest BCUT2D eigenvalue weighted by molar-refractivity contribution is 7.86. The highest BCUT2D eigenvalue weighted by Crippen LogP contribution is 2.17. The standard InChI is InChI=1S/C15H21N3O6S/c1-16(2)25(22,23)17-8-9-18(13(10-17)14(19)20)15(21)24-11-12-6-4-3-5-7-12/h3-7,13H,8-11H2,1-2H3,(H,19,20). The molecule has 0 aliphatic carbocycles. The van der Waals surface area contributed by atoms with Crippen molar-refractivity contribution in [1.82, 2.24) is 13.5 Å². The van der Waals surface area contributed by atoms with E-state index in [9.17, 15) is 23.1 Å². The molecule has 0 spiro atoms. The summed E-state index contributed by atoms with van der Waals surface area (Å²) in [5.74, 6) is -1.28. The number of hydrogen-bond acceptors (Lipinski definition) is 5. The van der Waals surface area contributed by atoms with E-state index in [0.717, 1.165) is 19.1 Å². The van der Waals surface area contributed by atoms with Crippen LogP contribution in [0, 0.1) is 0 Å². The zero-order valence-corrected chi connectivity index (χ0v) is 14.8. The number of carboxylic acids is 1. The maximum Gasteiger partial charge on any atom is 0.410 e. The van der Waals surface area contributed by atoms with Gasteiger partial charge >= 0.3 is 12.1 Å². The minimum absolute atomic E-state index is 0.00469. The third-order valence-corrected chi connectivity index (χ3v) is 5.76. The molecule has 1 unspecified atom stereocenters. The summed E-state index contributed by atoms with van der Waals surface area (Å²) in [5.41, 5.74) is 0.775. The molecule has 1 aliphatic rings. The quantitative estimate of drug-likeness (QED) is 0.792. The number of ether oxygens (including phenoxy) is 1. The monoisotopic (exact) mass is 371 g/mol. The Morgan fingerprint density at radius 1 is 1.24 bits per heavy atom. The number of aliphatic carboxylic acids is 1. The lowest BCUT2D eigenvalue weighted by Gasteiger charge is -2.38. The van der Waals surface area contributed by atoms with Crippen LogP contribution in [-0.4, -0.2) is 78.9 Å². The number of rotatable bonds is 5. The minimum atomic E-state index is -3.75. The molecule has 0 aromatic heterocycles. The van der Waals surface area contributed by atoms with E-state index >= 15 is 0 Å². The van der Waals surface area contributed by atoms with Crippen LogP contribution in [-0.2, 0) is 26.3 Å². The number of nitrogens with zero attached hydrogens (tertiary/aromatic N) is 3. The number of amides is 1. The smallest absolute Gasteiger partial charge is 0.410 e. The first-order valence-corrected chi connectivity index (χ1v) is 9.01. The Bertz CT molecular complexity index is 722. The summed E-state index contributed by atoms with van der Waals surface area (Å²) in [6, 6.07) is 7.69. The summed E-state index contributed by atoms with van der Waals surface area (Å²) in [5, 5.41) is 9.38. The van der Waals surface area contributed by atoms with E-state index in [-0.39, 0.29) is 26.2 Å². The molecular formula is C15H21N3O6S. The molecule has 1 fully saturated rings. The molecule has 9 nitrogen and oxygen atoms in total. The van der Waals surface area contributed by atoms with Gasteiger partial charge in [-0.3, -0.25) is 4.90 Å². The molecule has 1 N–H and O–H groups in total. The lowest BCUT2D eigenvalue weighted by Crippen LogP contribution is -2.60. The molecule has 25 heavy (non-hydrogen) atoms. The van der Waals surface area contributed by atoms with Gasteiger partial charge in [-0.05, 0) is 5.56 Å². The predicted molar refractivity (Wildman–Crippen MR) is 88.9 cm³/mol.